The molecule has 10 heteroatoms. The molecule has 0 saturated carbocycles. The first-order chi connectivity index (χ1) is 11.6. The molecule has 0 radical (unpaired) electrons. The van der Waals surface area contributed by atoms with Gasteiger partial charge >= 0.3 is 18.2 Å². The van der Waals surface area contributed by atoms with Crippen LogP contribution < -0.4 is 4.74 Å². The van der Waals surface area contributed by atoms with Crippen molar-refractivity contribution in [1.29, 1.82) is 0 Å². The number of carbonyl (C=O) groups excluding carboxylic acids is 2. The van der Waals surface area contributed by atoms with Crippen LogP contribution in [0.15, 0.2) is 24.3 Å². The highest BCUT2D eigenvalue weighted by molar-refractivity contribution is 5.86. The zero-order valence-electron chi connectivity index (χ0n) is 13.4. The average Bonchev–Trinajstić information content (AvgIpc) is 2.53. The van der Waals surface area contributed by atoms with Crippen LogP contribution in [-0.4, -0.2) is 42.6 Å². The van der Waals surface area contributed by atoms with Crippen molar-refractivity contribution < 1.29 is 37.2 Å². The standard InChI is InChI=1S/C15H16F3NO6/c1-3-25-14(21)13(19(22)23)11(8-12(20)15(16,17)18)9-5-4-6-10(7-9)24-2/h4-7,11,13H,3,8H2,1-2H3. The van der Waals surface area contributed by atoms with Gasteiger partial charge in [-0.3, -0.25) is 14.9 Å². The number of carbonyl (C=O) groups is 2. The Morgan fingerprint density at radius 2 is 1.96 bits per heavy atom. The fourth-order valence-electron chi connectivity index (χ4n) is 2.22. The lowest BCUT2D eigenvalue weighted by Gasteiger charge is -2.20. The van der Waals surface area contributed by atoms with E-state index in [0.29, 0.717) is 0 Å². The molecule has 0 spiro atoms. The van der Waals surface area contributed by atoms with Crippen molar-refractivity contribution in [1.82, 2.24) is 0 Å². The Labute approximate surface area is 140 Å². The molecule has 0 aliphatic heterocycles. The monoisotopic (exact) mass is 363 g/mol. The smallest absolute Gasteiger partial charge is 0.449 e. The van der Waals surface area contributed by atoms with Crippen LogP contribution >= 0.6 is 0 Å². The molecule has 0 heterocycles. The van der Waals surface area contributed by atoms with E-state index in [0.717, 1.165) is 0 Å². The third-order valence-electron chi connectivity index (χ3n) is 3.38. The molecule has 0 saturated heterocycles. The molecule has 0 aromatic heterocycles. The number of alkyl halides is 3. The molecular weight excluding hydrogens is 347 g/mol. The van der Waals surface area contributed by atoms with Crippen molar-refractivity contribution in [2.24, 2.45) is 0 Å². The summed E-state index contributed by atoms with van der Waals surface area (Å²) in [6.07, 6.45) is -6.44. The summed E-state index contributed by atoms with van der Waals surface area (Å²) < 4.78 is 47.4. The Morgan fingerprint density at radius 1 is 1.32 bits per heavy atom. The molecule has 2 atom stereocenters. The highest BCUT2D eigenvalue weighted by Crippen LogP contribution is 2.32. The van der Waals surface area contributed by atoms with Crippen molar-refractivity contribution in [3.63, 3.8) is 0 Å². The molecule has 25 heavy (non-hydrogen) atoms. The van der Waals surface area contributed by atoms with Crippen LogP contribution in [-0.2, 0) is 14.3 Å². The Kier molecular flexibility index (Phi) is 6.89. The minimum Gasteiger partial charge on any atom is -0.497 e. The van der Waals surface area contributed by atoms with Crippen LogP contribution in [0, 0.1) is 10.1 Å². The van der Waals surface area contributed by atoms with Gasteiger partial charge in [-0.15, -0.1) is 0 Å². The summed E-state index contributed by atoms with van der Waals surface area (Å²) in [5, 5.41) is 11.3. The lowest BCUT2D eigenvalue weighted by Crippen LogP contribution is -2.39. The van der Waals surface area contributed by atoms with E-state index in [2.05, 4.69) is 4.74 Å². The number of hydrogen-bond donors (Lipinski definition) is 0. The first-order valence-corrected chi connectivity index (χ1v) is 7.15. The Morgan fingerprint density at radius 3 is 2.44 bits per heavy atom. The molecule has 0 aliphatic carbocycles. The largest absolute Gasteiger partial charge is 0.497 e. The quantitative estimate of drug-likeness (QED) is 0.400. The van der Waals surface area contributed by atoms with Crippen molar-refractivity contribution in [3.8, 4) is 5.75 Å². The van der Waals surface area contributed by atoms with E-state index in [9.17, 15) is 32.9 Å². The van der Waals surface area contributed by atoms with Crippen LogP contribution in [0.5, 0.6) is 5.75 Å². The number of Topliss-reactive ketones (excluding diaryl/α,β-unsaturated/α-hetero) is 1. The Bertz CT molecular complexity index is 646. The second-order valence-corrected chi connectivity index (χ2v) is 4.99. The predicted octanol–water partition coefficient (Wildman–Crippen LogP) is 2.51. The predicted molar refractivity (Wildman–Crippen MR) is 78.8 cm³/mol. The summed E-state index contributed by atoms with van der Waals surface area (Å²) in [5.41, 5.74) is -0.00768. The topological polar surface area (TPSA) is 95.7 Å². The number of ether oxygens (including phenoxy) is 2. The summed E-state index contributed by atoms with van der Waals surface area (Å²) in [7, 11) is 1.30. The molecular formula is C15H16F3NO6. The number of nitro groups is 1. The maximum absolute atomic E-state index is 12.6. The van der Waals surface area contributed by atoms with Gasteiger partial charge in [0.1, 0.15) is 5.75 Å². The fourth-order valence-corrected chi connectivity index (χ4v) is 2.22. The Hall–Kier alpha value is -2.65. The van der Waals surface area contributed by atoms with Gasteiger partial charge in [0, 0.05) is 11.3 Å². The minimum atomic E-state index is -5.17. The molecule has 0 N–H and O–H groups in total. The van der Waals surface area contributed by atoms with Crippen LogP contribution in [0.3, 0.4) is 0 Å². The van der Waals surface area contributed by atoms with Gasteiger partial charge in [-0.2, -0.15) is 13.2 Å². The first kappa shape index (κ1) is 20.4. The normalized spacial score (nSPS) is 13.6. The fraction of sp³-hybridized carbons (Fsp3) is 0.467. The second-order valence-electron chi connectivity index (χ2n) is 4.99. The molecule has 0 bridgehead atoms. The second kappa shape index (κ2) is 8.45. The van der Waals surface area contributed by atoms with Crippen LogP contribution in [0.25, 0.3) is 0 Å². The number of esters is 1. The lowest BCUT2D eigenvalue weighted by atomic mass is 9.87. The highest BCUT2D eigenvalue weighted by Gasteiger charge is 2.47. The van der Waals surface area contributed by atoms with Crippen molar-refractivity contribution in [3.05, 3.63) is 39.9 Å². The van der Waals surface area contributed by atoms with Gasteiger partial charge in [-0.05, 0) is 24.6 Å². The SMILES string of the molecule is CCOC(=O)C(C(CC(=O)C(F)(F)F)c1cccc(OC)c1)[N+](=O)[O-]. The van der Waals surface area contributed by atoms with Crippen molar-refractivity contribution in [2.45, 2.75) is 31.5 Å². The van der Waals surface area contributed by atoms with Crippen LogP contribution in [0.4, 0.5) is 13.2 Å². The highest BCUT2D eigenvalue weighted by atomic mass is 19.4. The maximum Gasteiger partial charge on any atom is 0.449 e. The number of methoxy groups -OCH3 is 1. The summed E-state index contributed by atoms with van der Waals surface area (Å²) >= 11 is 0. The number of halogens is 3. The molecule has 138 valence electrons. The summed E-state index contributed by atoms with van der Waals surface area (Å²) in [6.45, 7) is 1.21. The summed E-state index contributed by atoms with van der Waals surface area (Å²) in [6, 6.07) is 3.23. The number of benzene rings is 1. The van der Waals surface area contributed by atoms with Gasteiger partial charge in [0.25, 0.3) is 0 Å². The first-order valence-electron chi connectivity index (χ1n) is 7.15. The van der Waals surface area contributed by atoms with E-state index >= 15 is 0 Å². The molecule has 0 amide bonds. The van der Waals surface area contributed by atoms with E-state index < -0.39 is 41.2 Å². The number of nitrogens with zero attached hydrogens (tertiary/aromatic N) is 1. The lowest BCUT2D eigenvalue weighted by molar-refractivity contribution is -0.514. The maximum atomic E-state index is 12.6. The zero-order chi connectivity index (χ0) is 19.2. The van der Waals surface area contributed by atoms with E-state index in [-0.39, 0.29) is 17.9 Å². The summed E-state index contributed by atoms with van der Waals surface area (Å²) in [4.78, 5) is 33.5. The molecule has 0 fully saturated rings. The van der Waals surface area contributed by atoms with Gasteiger partial charge in [-0.25, -0.2) is 4.79 Å². The third-order valence-corrected chi connectivity index (χ3v) is 3.38. The van der Waals surface area contributed by atoms with Gasteiger partial charge in [0.05, 0.1) is 19.6 Å². The van der Waals surface area contributed by atoms with E-state index in [4.69, 9.17) is 4.74 Å². The molecule has 1 rings (SSSR count). The summed E-state index contributed by atoms with van der Waals surface area (Å²) in [5.74, 6) is -4.92. The minimum absolute atomic E-state index is 0.00768. The van der Waals surface area contributed by atoms with Gasteiger partial charge in [0.15, 0.2) is 0 Å². The van der Waals surface area contributed by atoms with E-state index in [1.165, 1.54) is 38.3 Å². The van der Waals surface area contributed by atoms with Gasteiger partial charge < -0.3 is 9.47 Å². The zero-order valence-corrected chi connectivity index (χ0v) is 13.4. The Balaban J connectivity index is 3.36. The van der Waals surface area contributed by atoms with Crippen molar-refractivity contribution >= 4 is 11.8 Å². The molecule has 1 aromatic carbocycles. The molecule has 0 aliphatic rings. The number of rotatable bonds is 8. The van der Waals surface area contributed by atoms with Crippen LogP contribution in [0.2, 0.25) is 0 Å². The number of hydrogen-bond acceptors (Lipinski definition) is 6. The molecule has 1 aromatic rings. The molecule has 2 unspecified atom stereocenters. The third kappa shape index (κ3) is 5.44. The van der Waals surface area contributed by atoms with E-state index in [1.807, 2.05) is 0 Å². The van der Waals surface area contributed by atoms with Crippen LogP contribution in [0.1, 0.15) is 24.8 Å². The average molecular weight is 363 g/mol. The van der Waals surface area contributed by atoms with E-state index in [1.54, 1.807) is 0 Å². The van der Waals surface area contributed by atoms with Gasteiger partial charge in [-0.1, -0.05) is 12.1 Å². The molecule has 7 nitrogen and oxygen atoms in total. The number of ketones is 1. The van der Waals surface area contributed by atoms with Crippen molar-refractivity contribution in [2.75, 3.05) is 13.7 Å². The van der Waals surface area contributed by atoms with Gasteiger partial charge in [0.2, 0.25) is 5.78 Å².